The third kappa shape index (κ3) is 3.98. The summed E-state index contributed by atoms with van der Waals surface area (Å²) < 4.78 is 60.2. The molecule has 4 rings (SSSR count). The standard InChI is InChI=1S/C20H19F2N3O5S/c1-24-17-7-5-14(10-18(17)30-20(24)27)31(28,29)25-8-2-3-12(11-25)19(26)23-13-4-6-15(21)16(22)9-13/h4-7,9-10,12H,2-3,8,11H2,1H3,(H,23,26)/t12-/m1/s1. The molecule has 1 aliphatic heterocycles. The number of fused-ring (bicyclic) bond motifs is 1. The highest BCUT2D eigenvalue weighted by atomic mass is 32.2. The Morgan fingerprint density at radius 1 is 1.16 bits per heavy atom. The molecule has 3 aromatic rings. The Kier molecular flexibility index (Phi) is 5.40. The number of rotatable bonds is 4. The van der Waals surface area contributed by atoms with Crippen LogP contribution in [0.3, 0.4) is 0 Å². The zero-order chi connectivity index (χ0) is 22.3. The van der Waals surface area contributed by atoms with E-state index in [9.17, 15) is 26.8 Å². The van der Waals surface area contributed by atoms with Crippen LogP contribution in [0.4, 0.5) is 14.5 Å². The molecule has 11 heteroatoms. The zero-order valence-corrected chi connectivity index (χ0v) is 17.3. The van der Waals surface area contributed by atoms with Gasteiger partial charge in [-0.15, -0.1) is 0 Å². The molecule has 1 atom stereocenters. The minimum Gasteiger partial charge on any atom is -0.408 e. The Balaban J connectivity index is 1.53. The summed E-state index contributed by atoms with van der Waals surface area (Å²) >= 11 is 0. The highest BCUT2D eigenvalue weighted by molar-refractivity contribution is 7.89. The molecule has 0 radical (unpaired) electrons. The minimum atomic E-state index is -3.94. The van der Waals surface area contributed by atoms with E-state index in [0.717, 1.165) is 12.1 Å². The van der Waals surface area contributed by atoms with Crippen molar-refractivity contribution in [2.24, 2.45) is 13.0 Å². The Morgan fingerprint density at radius 2 is 1.94 bits per heavy atom. The summed E-state index contributed by atoms with van der Waals surface area (Å²) in [4.78, 5) is 24.2. The van der Waals surface area contributed by atoms with E-state index in [2.05, 4.69) is 5.32 Å². The number of aromatic nitrogens is 1. The van der Waals surface area contributed by atoms with Gasteiger partial charge in [0.25, 0.3) is 0 Å². The first kappa shape index (κ1) is 21.2. The summed E-state index contributed by atoms with van der Waals surface area (Å²) in [5.41, 5.74) is 0.707. The van der Waals surface area contributed by atoms with Crippen molar-refractivity contribution >= 4 is 32.7 Å². The molecule has 1 aromatic heterocycles. The van der Waals surface area contributed by atoms with Crippen LogP contribution in [0, 0.1) is 17.6 Å². The normalized spacial score (nSPS) is 17.7. The number of carbonyl (C=O) groups excluding carboxylic acids is 1. The van der Waals surface area contributed by atoms with Gasteiger partial charge in [-0.05, 0) is 37.1 Å². The number of hydrogen-bond acceptors (Lipinski definition) is 5. The molecule has 1 aliphatic rings. The first-order valence-corrected chi connectivity index (χ1v) is 11.0. The van der Waals surface area contributed by atoms with Crippen LogP contribution in [0.5, 0.6) is 0 Å². The number of halogens is 2. The molecule has 0 spiro atoms. The second-order valence-corrected chi connectivity index (χ2v) is 9.31. The second kappa shape index (κ2) is 7.89. The van der Waals surface area contributed by atoms with Crippen molar-refractivity contribution in [3.05, 3.63) is 58.6 Å². The fourth-order valence-corrected chi connectivity index (χ4v) is 5.16. The van der Waals surface area contributed by atoms with Crippen molar-refractivity contribution in [2.75, 3.05) is 18.4 Å². The Labute approximate surface area is 176 Å². The van der Waals surface area contributed by atoms with Crippen LogP contribution in [0.2, 0.25) is 0 Å². The van der Waals surface area contributed by atoms with E-state index < -0.39 is 39.2 Å². The van der Waals surface area contributed by atoms with Crippen molar-refractivity contribution in [1.29, 1.82) is 0 Å². The van der Waals surface area contributed by atoms with Crippen molar-refractivity contribution in [1.82, 2.24) is 8.87 Å². The third-order valence-electron chi connectivity index (χ3n) is 5.34. The van der Waals surface area contributed by atoms with E-state index >= 15 is 0 Å². The summed E-state index contributed by atoms with van der Waals surface area (Å²) in [7, 11) is -2.42. The van der Waals surface area contributed by atoms with E-state index in [1.165, 1.54) is 40.2 Å². The highest BCUT2D eigenvalue weighted by Crippen LogP contribution is 2.27. The minimum absolute atomic E-state index is 0.0454. The quantitative estimate of drug-likeness (QED) is 0.657. The molecule has 0 aliphatic carbocycles. The summed E-state index contributed by atoms with van der Waals surface area (Å²) in [6.45, 7) is 0.169. The fraction of sp³-hybridized carbons (Fsp3) is 0.300. The maximum Gasteiger partial charge on any atom is 0.419 e. The van der Waals surface area contributed by atoms with Crippen LogP contribution in [0.1, 0.15) is 12.8 Å². The van der Waals surface area contributed by atoms with Crippen molar-refractivity contribution in [3.63, 3.8) is 0 Å². The predicted molar refractivity (Wildman–Crippen MR) is 108 cm³/mol. The molecule has 1 fully saturated rings. The monoisotopic (exact) mass is 451 g/mol. The number of benzene rings is 2. The third-order valence-corrected chi connectivity index (χ3v) is 7.20. The molecule has 1 N–H and O–H groups in total. The van der Waals surface area contributed by atoms with E-state index in [-0.39, 0.29) is 29.3 Å². The first-order chi connectivity index (χ1) is 14.7. The van der Waals surface area contributed by atoms with Gasteiger partial charge in [-0.1, -0.05) is 0 Å². The summed E-state index contributed by atoms with van der Waals surface area (Å²) in [5, 5.41) is 2.51. The number of anilines is 1. The predicted octanol–water partition coefficient (Wildman–Crippen LogP) is 2.45. The number of oxazole rings is 1. The number of nitrogens with one attached hydrogen (secondary N) is 1. The van der Waals surface area contributed by atoms with E-state index in [1.54, 1.807) is 0 Å². The SMILES string of the molecule is Cn1c(=O)oc2cc(S(=O)(=O)N3CCC[C@@H](C(=O)Nc4ccc(F)c(F)c4)C3)ccc21. The van der Waals surface area contributed by atoms with Gasteiger partial charge in [0.05, 0.1) is 16.3 Å². The van der Waals surface area contributed by atoms with Crippen molar-refractivity contribution in [3.8, 4) is 0 Å². The van der Waals surface area contributed by atoms with E-state index in [1.807, 2.05) is 0 Å². The average Bonchev–Trinajstić information content (AvgIpc) is 3.04. The van der Waals surface area contributed by atoms with Crippen LogP contribution in [-0.2, 0) is 21.9 Å². The number of carbonyl (C=O) groups is 1. The molecule has 1 amide bonds. The van der Waals surface area contributed by atoms with Crippen LogP contribution in [0.25, 0.3) is 11.1 Å². The lowest BCUT2D eigenvalue weighted by Crippen LogP contribution is -2.43. The Morgan fingerprint density at radius 3 is 2.68 bits per heavy atom. The molecule has 2 aromatic carbocycles. The van der Waals surface area contributed by atoms with Gasteiger partial charge in [-0.2, -0.15) is 4.31 Å². The van der Waals surface area contributed by atoms with Crippen LogP contribution in [0.15, 0.2) is 50.5 Å². The van der Waals surface area contributed by atoms with Gasteiger partial charge in [0.1, 0.15) is 0 Å². The van der Waals surface area contributed by atoms with Crippen LogP contribution < -0.4 is 11.1 Å². The molecule has 1 saturated heterocycles. The van der Waals surface area contributed by atoms with Crippen LogP contribution >= 0.6 is 0 Å². The molecule has 2 heterocycles. The number of hydrogen-bond donors (Lipinski definition) is 1. The van der Waals surface area contributed by atoms with E-state index in [4.69, 9.17) is 4.42 Å². The van der Waals surface area contributed by atoms with Gasteiger partial charge in [-0.3, -0.25) is 9.36 Å². The molecule has 0 bridgehead atoms. The lowest BCUT2D eigenvalue weighted by Gasteiger charge is -2.31. The van der Waals surface area contributed by atoms with Gasteiger partial charge in [-0.25, -0.2) is 22.0 Å². The molecule has 0 saturated carbocycles. The molecule has 164 valence electrons. The van der Waals surface area contributed by atoms with Gasteiger partial charge < -0.3 is 9.73 Å². The smallest absolute Gasteiger partial charge is 0.408 e. The number of amides is 1. The lowest BCUT2D eigenvalue weighted by atomic mass is 9.98. The van der Waals surface area contributed by atoms with Gasteiger partial charge in [0.15, 0.2) is 17.2 Å². The molecular weight excluding hydrogens is 432 g/mol. The first-order valence-electron chi connectivity index (χ1n) is 9.52. The number of sulfonamides is 1. The molecule has 8 nitrogen and oxygen atoms in total. The maximum atomic E-state index is 13.4. The number of piperidine rings is 1. The Hall–Kier alpha value is -3.05. The topological polar surface area (TPSA) is 102 Å². The highest BCUT2D eigenvalue weighted by Gasteiger charge is 2.33. The maximum absolute atomic E-state index is 13.4. The molecular formula is C20H19F2N3O5S. The second-order valence-electron chi connectivity index (χ2n) is 7.38. The molecule has 31 heavy (non-hydrogen) atoms. The summed E-state index contributed by atoms with van der Waals surface area (Å²) in [5.74, 6) is -3.85. The summed E-state index contributed by atoms with van der Waals surface area (Å²) in [6.07, 6.45) is 0.909. The van der Waals surface area contributed by atoms with Gasteiger partial charge in [0.2, 0.25) is 15.9 Å². The van der Waals surface area contributed by atoms with Crippen LogP contribution in [-0.4, -0.2) is 36.3 Å². The van der Waals surface area contributed by atoms with Gasteiger partial charge in [0, 0.05) is 38.0 Å². The zero-order valence-electron chi connectivity index (χ0n) is 16.5. The summed E-state index contributed by atoms with van der Waals surface area (Å²) in [6, 6.07) is 7.17. The number of nitrogens with zero attached hydrogens (tertiary/aromatic N) is 2. The largest absolute Gasteiger partial charge is 0.419 e. The van der Waals surface area contributed by atoms with E-state index in [0.29, 0.717) is 18.4 Å². The Bertz CT molecular complexity index is 1330. The average molecular weight is 451 g/mol. The lowest BCUT2D eigenvalue weighted by molar-refractivity contribution is -0.120. The fourth-order valence-electron chi connectivity index (χ4n) is 3.62. The molecule has 0 unspecified atom stereocenters. The number of aryl methyl sites for hydroxylation is 1. The van der Waals surface area contributed by atoms with Gasteiger partial charge >= 0.3 is 5.76 Å². The van der Waals surface area contributed by atoms with Crippen molar-refractivity contribution < 1.29 is 26.4 Å². The van der Waals surface area contributed by atoms with Crippen molar-refractivity contribution in [2.45, 2.75) is 17.7 Å².